The minimum atomic E-state index is -0.808. The Morgan fingerprint density at radius 1 is 1.03 bits per heavy atom. The molecule has 0 spiro atoms. The predicted octanol–water partition coefficient (Wildman–Crippen LogP) is 4.76. The Labute approximate surface area is 184 Å². The van der Waals surface area contributed by atoms with Crippen molar-refractivity contribution in [3.63, 3.8) is 0 Å². The van der Waals surface area contributed by atoms with Gasteiger partial charge in [0.25, 0.3) is 0 Å². The number of aromatic nitrogens is 2. The maximum Gasteiger partial charge on any atom is 0.136 e. The van der Waals surface area contributed by atoms with E-state index < -0.39 is 5.60 Å². The average Bonchev–Trinajstić information content (AvgIpc) is 3.62. The second-order valence-corrected chi connectivity index (χ2v) is 9.30. The van der Waals surface area contributed by atoms with E-state index in [9.17, 15) is 5.11 Å². The number of nitrogens with zero attached hydrogens (tertiary/aromatic N) is 3. The van der Waals surface area contributed by atoms with Gasteiger partial charge in [0, 0.05) is 31.6 Å². The van der Waals surface area contributed by atoms with Gasteiger partial charge in [0.1, 0.15) is 17.5 Å². The molecule has 2 aromatic carbocycles. The van der Waals surface area contributed by atoms with Gasteiger partial charge in [-0.05, 0) is 55.4 Å². The highest BCUT2D eigenvalue weighted by Gasteiger charge is 2.29. The van der Waals surface area contributed by atoms with E-state index in [0.717, 1.165) is 49.1 Å². The average molecular weight is 415 g/mol. The number of fused-ring (bicyclic) bond motifs is 1. The zero-order chi connectivity index (χ0) is 21.4. The molecule has 0 radical (unpaired) electrons. The van der Waals surface area contributed by atoms with Crippen LogP contribution in [0.4, 0.5) is 11.6 Å². The SMILES string of the molecule is CC(C)(O)c1ccc2c(c1)CCN(c1cc(NCc3ccccc3)nc(C3CC3)n1)C2. The van der Waals surface area contributed by atoms with Crippen molar-refractivity contribution in [3.8, 4) is 0 Å². The third-order valence-electron chi connectivity index (χ3n) is 6.24. The molecule has 1 aliphatic carbocycles. The van der Waals surface area contributed by atoms with Gasteiger partial charge in [-0.3, -0.25) is 0 Å². The highest BCUT2D eigenvalue weighted by molar-refractivity contribution is 5.52. The third-order valence-corrected chi connectivity index (χ3v) is 6.24. The summed E-state index contributed by atoms with van der Waals surface area (Å²) in [6, 6.07) is 18.9. The first-order chi connectivity index (χ1) is 15.0. The van der Waals surface area contributed by atoms with Gasteiger partial charge < -0.3 is 15.3 Å². The Morgan fingerprint density at radius 2 is 1.84 bits per heavy atom. The standard InChI is InChI=1S/C26H30N4O/c1-26(2,31)22-11-10-21-17-30(13-12-20(21)14-22)24-15-23(28-25(29-24)19-8-9-19)27-16-18-6-4-3-5-7-18/h3-7,10-11,14-15,19,31H,8-9,12-13,16-17H2,1-2H3,(H,27,28,29). The van der Waals surface area contributed by atoms with Crippen LogP contribution in [0.25, 0.3) is 0 Å². The summed E-state index contributed by atoms with van der Waals surface area (Å²) < 4.78 is 0. The zero-order valence-corrected chi connectivity index (χ0v) is 18.3. The monoisotopic (exact) mass is 414 g/mol. The molecular formula is C26H30N4O. The van der Waals surface area contributed by atoms with Gasteiger partial charge in [-0.25, -0.2) is 9.97 Å². The van der Waals surface area contributed by atoms with E-state index in [1.807, 2.05) is 26.0 Å². The van der Waals surface area contributed by atoms with Gasteiger partial charge in [0.15, 0.2) is 0 Å². The van der Waals surface area contributed by atoms with E-state index in [-0.39, 0.29) is 0 Å². The zero-order valence-electron chi connectivity index (χ0n) is 18.3. The fourth-order valence-electron chi connectivity index (χ4n) is 4.15. The van der Waals surface area contributed by atoms with Crippen LogP contribution in [0.1, 0.15) is 60.7 Å². The van der Waals surface area contributed by atoms with Crippen LogP contribution in [0.2, 0.25) is 0 Å². The third kappa shape index (κ3) is 4.57. The van der Waals surface area contributed by atoms with Gasteiger partial charge in [-0.15, -0.1) is 0 Å². The first-order valence-corrected chi connectivity index (χ1v) is 11.2. The maximum atomic E-state index is 10.3. The van der Waals surface area contributed by atoms with E-state index in [2.05, 4.69) is 52.7 Å². The van der Waals surface area contributed by atoms with Crippen molar-refractivity contribution >= 4 is 11.6 Å². The van der Waals surface area contributed by atoms with Crippen LogP contribution in [0.5, 0.6) is 0 Å². The van der Waals surface area contributed by atoms with Crippen LogP contribution in [0, 0.1) is 0 Å². The highest BCUT2D eigenvalue weighted by atomic mass is 16.3. The molecule has 5 nitrogen and oxygen atoms in total. The maximum absolute atomic E-state index is 10.3. The van der Waals surface area contributed by atoms with E-state index in [0.29, 0.717) is 5.92 Å². The number of hydrogen-bond acceptors (Lipinski definition) is 5. The molecule has 160 valence electrons. The first kappa shape index (κ1) is 20.0. The van der Waals surface area contributed by atoms with Crippen LogP contribution in [0.15, 0.2) is 54.6 Å². The Hall–Kier alpha value is -2.92. The number of nitrogens with one attached hydrogen (secondary N) is 1. The first-order valence-electron chi connectivity index (χ1n) is 11.2. The van der Waals surface area contributed by atoms with Crippen LogP contribution in [-0.4, -0.2) is 21.6 Å². The van der Waals surface area contributed by atoms with E-state index in [1.54, 1.807) is 0 Å². The van der Waals surface area contributed by atoms with Crippen molar-refractivity contribution in [1.29, 1.82) is 0 Å². The van der Waals surface area contributed by atoms with E-state index in [1.165, 1.54) is 29.5 Å². The molecule has 2 heterocycles. The summed E-state index contributed by atoms with van der Waals surface area (Å²) in [5.74, 6) is 3.38. The minimum absolute atomic E-state index is 0.503. The number of benzene rings is 2. The normalized spacial score (nSPS) is 16.2. The molecule has 3 aromatic rings. The Bertz CT molecular complexity index is 1070. The number of aliphatic hydroxyl groups is 1. The van der Waals surface area contributed by atoms with Crippen LogP contribution < -0.4 is 10.2 Å². The van der Waals surface area contributed by atoms with Gasteiger partial charge in [0.2, 0.25) is 0 Å². The Balaban J connectivity index is 1.37. The molecule has 0 unspecified atom stereocenters. The smallest absolute Gasteiger partial charge is 0.136 e. The molecule has 5 heteroatoms. The largest absolute Gasteiger partial charge is 0.386 e. The summed E-state index contributed by atoms with van der Waals surface area (Å²) in [4.78, 5) is 12.1. The number of anilines is 2. The van der Waals surface area contributed by atoms with Gasteiger partial charge in [-0.2, -0.15) is 0 Å². The summed E-state index contributed by atoms with van der Waals surface area (Å²) in [6.45, 7) is 6.19. The van der Waals surface area contributed by atoms with Crippen molar-refractivity contribution in [1.82, 2.24) is 9.97 Å². The summed E-state index contributed by atoms with van der Waals surface area (Å²) in [7, 11) is 0. The van der Waals surface area contributed by atoms with Crippen LogP contribution in [0.3, 0.4) is 0 Å². The second kappa shape index (κ2) is 7.97. The lowest BCUT2D eigenvalue weighted by Gasteiger charge is -2.31. The Morgan fingerprint density at radius 3 is 2.58 bits per heavy atom. The molecule has 0 amide bonds. The molecule has 1 fully saturated rings. The quantitative estimate of drug-likeness (QED) is 0.609. The van der Waals surface area contributed by atoms with Crippen LogP contribution in [-0.2, 0) is 25.1 Å². The summed E-state index contributed by atoms with van der Waals surface area (Å²) in [5, 5.41) is 13.8. The molecule has 0 saturated heterocycles. The lowest BCUT2D eigenvalue weighted by atomic mass is 9.91. The number of hydrogen-bond donors (Lipinski definition) is 2. The molecule has 1 saturated carbocycles. The summed E-state index contributed by atoms with van der Waals surface area (Å²) in [6.07, 6.45) is 3.32. The summed E-state index contributed by atoms with van der Waals surface area (Å²) >= 11 is 0. The lowest BCUT2D eigenvalue weighted by Crippen LogP contribution is -2.32. The van der Waals surface area contributed by atoms with E-state index >= 15 is 0 Å². The highest BCUT2D eigenvalue weighted by Crippen LogP contribution is 2.39. The molecule has 5 rings (SSSR count). The molecule has 0 atom stereocenters. The minimum Gasteiger partial charge on any atom is -0.386 e. The fraction of sp³-hybridized carbons (Fsp3) is 0.385. The topological polar surface area (TPSA) is 61.3 Å². The van der Waals surface area contributed by atoms with Crippen LogP contribution >= 0.6 is 0 Å². The van der Waals surface area contributed by atoms with Crippen molar-refractivity contribution in [2.45, 2.75) is 57.7 Å². The molecule has 31 heavy (non-hydrogen) atoms. The van der Waals surface area contributed by atoms with Gasteiger partial charge >= 0.3 is 0 Å². The molecule has 1 aliphatic heterocycles. The van der Waals surface area contributed by atoms with Crippen molar-refractivity contribution < 1.29 is 5.11 Å². The molecule has 2 N–H and O–H groups in total. The fourth-order valence-corrected chi connectivity index (χ4v) is 4.15. The number of rotatable bonds is 6. The molecular weight excluding hydrogens is 384 g/mol. The molecule has 0 bridgehead atoms. The molecule has 2 aliphatic rings. The van der Waals surface area contributed by atoms with E-state index in [4.69, 9.17) is 9.97 Å². The van der Waals surface area contributed by atoms with Gasteiger partial charge in [0.05, 0.1) is 5.60 Å². The predicted molar refractivity (Wildman–Crippen MR) is 124 cm³/mol. The lowest BCUT2D eigenvalue weighted by molar-refractivity contribution is 0.0785. The second-order valence-electron chi connectivity index (χ2n) is 9.30. The van der Waals surface area contributed by atoms with Gasteiger partial charge in [-0.1, -0.05) is 48.5 Å². The summed E-state index contributed by atoms with van der Waals surface area (Å²) in [5.41, 5.74) is 4.05. The molecule has 1 aromatic heterocycles. The van der Waals surface area contributed by atoms with Crippen molar-refractivity contribution in [2.24, 2.45) is 0 Å². The van der Waals surface area contributed by atoms with Crippen molar-refractivity contribution in [2.75, 3.05) is 16.8 Å². The Kier molecular flexibility index (Phi) is 5.14. The van der Waals surface area contributed by atoms with Crippen molar-refractivity contribution in [3.05, 3.63) is 82.7 Å².